The first-order valence-corrected chi connectivity index (χ1v) is 5.95. The molecule has 0 radical (unpaired) electrons. The summed E-state index contributed by atoms with van der Waals surface area (Å²) < 4.78 is 0. The third-order valence-electron chi connectivity index (χ3n) is 2.69. The maximum absolute atomic E-state index is 5.94. The number of nitrogens with one attached hydrogen (secondary N) is 1. The van der Waals surface area contributed by atoms with E-state index in [1.54, 1.807) is 0 Å². The number of rotatable bonds is 5. The molecular weight excluding hydrogens is 196 g/mol. The van der Waals surface area contributed by atoms with Crippen LogP contribution in [0.2, 0.25) is 0 Å². The summed E-state index contributed by atoms with van der Waals surface area (Å²) in [5.74, 6) is 0. The second-order valence-electron chi connectivity index (χ2n) is 5.40. The van der Waals surface area contributed by atoms with E-state index in [1.165, 1.54) is 11.1 Å². The van der Waals surface area contributed by atoms with Crippen LogP contribution in [-0.4, -0.2) is 18.1 Å². The molecule has 0 saturated carbocycles. The Morgan fingerprint density at radius 2 is 1.94 bits per heavy atom. The van der Waals surface area contributed by atoms with E-state index < -0.39 is 0 Å². The summed E-state index contributed by atoms with van der Waals surface area (Å²) in [6.07, 6.45) is 1.06. The van der Waals surface area contributed by atoms with Gasteiger partial charge >= 0.3 is 0 Å². The predicted octanol–water partition coefficient (Wildman–Crippen LogP) is 2.25. The lowest BCUT2D eigenvalue weighted by Crippen LogP contribution is -2.46. The molecule has 1 aromatic rings. The molecule has 90 valence electrons. The van der Waals surface area contributed by atoms with Gasteiger partial charge in [-0.2, -0.15) is 0 Å². The van der Waals surface area contributed by atoms with Crippen LogP contribution in [0.1, 0.15) is 31.9 Å². The highest BCUT2D eigenvalue weighted by atomic mass is 14.9. The SMILES string of the molecule is Cc1ccccc1CC(C)NCC(C)(C)N. The Morgan fingerprint density at radius 3 is 2.50 bits per heavy atom. The van der Waals surface area contributed by atoms with Crippen molar-refractivity contribution in [2.45, 2.75) is 45.7 Å². The van der Waals surface area contributed by atoms with Gasteiger partial charge in [-0.15, -0.1) is 0 Å². The Bertz CT molecular complexity index is 326. The van der Waals surface area contributed by atoms with Crippen molar-refractivity contribution in [3.63, 3.8) is 0 Å². The highest BCUT2D eigenvalue weighted by Gasteiger charge is 2.12. The van der Waals surface area contributed by atoms with Crippen molar-refractivity contribution in [1.82, 2.24) is 5.32 Å². The van der Waals surface area contributed by atoms with Crippen LogP contribution in [0, 0.1) is 6.92 Å². The summed E-state index contributed by atoms with van der Waals surface area (Å²) >= 11 is 0. The van der Waals surface area contributed by atoms with Gasteiger partial charge in [0.1, 0.15) is 0 Å². The van der Waals surface area contributed by atoms with Crippen LogP contribution in [0.25, 0.3) is 0 Å². The van der Waals surface area contributed by atoms with Crippen molar-refractivity contribution in [1.29, 1.82) is 0 Å². The smallest absolute Gasteiger partial charge is 0.0223 e. The second kappa shape index (κ2) is 5.46. The van der Waals surface area contributed by atoms with Crippen molar-refractivity contribution in [3.8, 4) is 0 Å². The molecule has 0 fully saturated rings. The summed E-state index contributed by atoms with van der Waals surface area (Å²) in [5, 5.41) is 3.47. The number of benzene rings is 1. The summed E-state index contributed by atoms with van der Waals surface area (Å²) in [5.41, 5.74) is 8.58. The average Bonchev–Trinajstić information content (AvgIpc) is 2.18. The lowest BCUT2D eigenvalue weighted by atomic mass is 10.0. The Hall–Kier alpha value is -0.860. The first-order chi connectivity index (χ1) is 7.38. The first kappa shape index (κ1) is 13.2. The van der Waals surface area contributed by atoms with Crippen LogP contribution < -0.4 is 11.1 Å². The number of nitrogens with two attached hydrogens (primary N) is 1. The summed E-state index contributed by atoms with van der Waals surface area (Å²) in [7, 11) is 0. The molecule has 1 atom stereocenters. The monoisotopic (exact) mass is 220 g/mol. The van der Waals surface area contributed by atoms with Gasteiger partial charge in [-0.05, 0) is 45.2 Å². The van der Waals surface area contributed by atoms with Crippen LogP contribution in [0.5, 0.6) is 0 Å². The Balaban J connectivity index is 2.46. The fourth-order valence-electron chi connectivity index (χ4n) is 1.68. The first-order valence-electron chi connectivity index (χ1n) is 5.95. The molecule has 0 aliphatic rings. The van der Waals surface area contributed by atoms with E-state index in [2.05, 4.69) is 43.4 Å². The van der Waals surface area contributed by atoms with E-state index in [9.17, 15) is 0 Å². The minimum atomic E-state index is -0.139. The highest BCUT2D eigenvalue weighted by molar-refractivity contribution is 5.26. The van der Waals surface area contributed by atoms with Gasteiger partial charge in [0.05, 0.1) is 0 Å². The molecular formula is C14H24N2. The molecule has 0 heterocycles. The third-order valence-corrected chi connectivity index (χ3v) is 2.69. The normalized spacial score (nSPS) is 13.8. The van der Waals surface area contributed by atoms with Crippen LogP contribution in [0.4, 0.5) is 0 Å². The molecule has 1 aromatic carbocycles. The van der Waals surface area contributed by atoms with Gasteiger partial charge in [0, 0.05) is 18.1 Å². The Morgan fingerprint density at radius 1 is 1.31 bits per heavy atom. The predicted molar refractivity (Wildman–Crippen MR) is 70.6 cm³/mol. The van der Waals surface area contributed by atoms with Crippen LogP contribution in [0.15, 0.2) is 24.3 Å². The van der Waals surface area contributed by atoms with E-state index in [-0.39, 0.29) is 5.54 Å². The zero-order chi connectivity index (χ0) is 12.2. The van der Waals surface area contributed by atoms with Crippen LogP contribution in [-0.2, 0) is 6.42 Å². The van der Waals surface area contributed by atoms with Gasteiger partial charge in [-0.1, -0.05) is 24.3 Å². The Kier molecular flexibility index (Phi) is 4.51. The van der Waals surface area contributed by atoms with Gasteiger partial charge in [0.15, 0.2) is 0 Å². The molecule has 0 saturated heterocycles. The molecule has 0 amide bonds. The Labute approximate surface area is 99.2 Å². The van der Waals surface area contributed by atoms with E-state index in [0.717, 1.165) is 13.0 Å². The maximum Gasteiger partial charge on any atom is 0.0223 e. The lowest BCUT2D eigenvalue weighted by Gasteiger charge is -2.23. The fraction of sp³-hybridized carbons (Fsp3) is 0.571. The third kappa shape index (κ3) is 4.77. The van der Waals surface area contributed by atoms with Crippen LogP contribution >= 0.6 is 0 Å². The minimum Gasteiger partial charge on any atom is -0.324 e. The fourth-order valence-corrected chi connectivity index (χ4v) is 1.68. The van der Waals surface area contributed by atoms with Crippen molar-refractivity contribution >= 4 is 0 Å². The van der Waals surface area contributed by atoms with Crippen LogP contribution in [0.3, 0.4) is 0 Å². The molecule has 3 N–H and O–H groups in total. The minimum absolute atomic E-state index is 0.139. The zero-order valence-electron chi connectivity index (χ0n) is 10.9. The van der Waals surface area contributed by atoms with Gasteiger partial charge < -0.3 is 11.1 Å². The van der Waals surface area contributed by atoms with Crippen molar-refractivity contribution in [2.24, 2.45) is 5.73 Å². The number of hydrogen-bond donors (Lipinski definition) is 2. The molecule has 2 heteroatoms. The largest absolute Gasteiger partial charge is 0.324 e. The van der Waals surface area contributed by atoms with Crippen molar-refractivity contribution in [3.05, 3.63) is 35.4 Å². The lowest BCUT2D eigenvalue weighted by molar-refractivity contribution is 0.427. The van der Waals surface area contributed by atoms with E-state index in [1.807, 2.05) is 13.8 Å². The van der Waals surface area contributed by atoms with Crippen molar-refractivity contribution in [2.75, 3.05) is 6.54 Å². The van der Waals surface area contributed by atoms with E-state index >= 15 is 0 Å². The average molecular weight is 220 g/mol. The summed E-state index contributed by atoms with van der Waals surface area (Å²) in [6.45, 7) is 9.30. The van der Waals surface area contributed by atoms with E-state index in [4.69, 9.17) is 5.73 Å². The number of aryl methyl sites for hydroxylation is 1. The van der Waals surface area contributed by atoms with E-state index in [0.29, 0.717) is 6.04 Å². The topological polar surface area (TPSA) is 38.0 Å². The molecule has 0 aliphatic carbocycles. The molecule has 0 bridgehead atoms. The molecule has 0 aromatic heterocycles. The molecule has 0 aliphatic heterocycles. The molecule has 0 spiro atoms. The van der Waals surface area contributed by atoms with Gasteiger partial charge in [-0.3, -0.25) is 0 Å². The van der Waals surface area contributed by atoms with Gasteiger partial charge in [0.2, 0.25) is 0 Å². The molecule has 16 heavy (non-hydrogen) atoms. The molecule has 1 rings (SSSR count). The number of hydrogen-bond acceptors (Lipinski definition) is 2. The summed E-state index contributed by atoms with van der Waals surface area (Å²) in [4.78, 5) is 0. The zero-order valence-corrected chi connectivity index (χ0v) is 10.9. The van der Waals surface area contributed by atoms with Gasteiger partial charge in [0.25, 0.3) is 0 Å². The summed E-state index contributed by atoms with van der Waals surface area (Å²) in [6, 6.07) is 9.00. The quantitative estimate of drug-likeness (QED) is 0.799. The standard InChI is InChI=1S/C14H24N2/c1-11-7-5-6-8-13(11)9-12(2)16-10-14(3,4)15/h5-8,12,16H,9-10,15H2,1-4H3. The van der Waals surface area contributed by atoms with Gasteiger partial charge in [-0.25, -0.2) is 0 Å². The second-order valence-corrected chi connectivity index (χ2v) is 5.40. The molecule has 2 nitrogen and oxygen atoms in total. The maximum atomic E-state index is 5.94. The highest BCUT2D eigenvalue weighted by Crippen LogP contribution is 2.09. The van der Waals surface area contributed by atoms with Crippen molar-refractivity contribution < 1.29 is 0 Å². The molecule has 1 unspecified atom stereocenters.